The first kappa shape index (κ1) is 13.1. The van der Waals surface area contributed by atoms with Gasteiger partial charge in [-0.05, 0) is 19.1 Å². The normalized spacial score (nSPS) is 11.9. The molecule has 0 aliphatic rings. The standard InChI is InChI=1S/C11H15N3O3/c1-8(7-12)13(2)11(15)9-3-5-10(6-4-9)14(16)17/h3-6,8H,7,12H2,1-2H3. The molecule has 92 valence electrons. The molecule has 6 nitrogen and oxygen atoms in total. The van der Waals surface area contributed by atoms with Crippen molar-refractivity contribution in [3.8, 4) is 0 Å². The van der Waals surface area contributed by atoms with Crippen LogP contribution >= 0.6 is 0 Å². The number of nitrogens with two attached hydrogens (primary N) is 1. The summed E-state index contributed by atoms with van der Waals surface area (Å²) in [5.74, 6) is -0.196. The zero-order chi connectivity index (χ0) is 13.0. The summed E-state index contributed by atoms with van der Waals surface area (Å²) in [4.78, 5) is 23.4. The molecule has 6 heteroatoms. The van der Waals surface area contributed by atoms with Gasteiger partial charge in [0.2, 0.25) is 0 Å². The average molecular weight is 237 g/mol. The number of nitrogens with zero attached hydrogens (tertiary/aromatic N) is 2. The molecule has 1 unspecified atom stereocenters. The molecule has 1 amide bonds. The first-order valence-corrected chi connectivity index (χ1v) is 5.19. The van der Waals surface area contributed by atoms with Gasteiger partial charge in [0.05, 0.1) is 4.92 Å². The van der Waals surface area contributed by atoms with E-state index in [1.165, 1.54) is 29.2 Å². The van der Waals surface area contributed by atoms with Gasteiger partial charge in [0, 0.05) is 37.3 Å². The van der Waals surface area contributed by atoms with Crippen LogP contribution in [0.3, 0.4) is 0 Å². The van der Waals surface area contributed by atoms with Gasteiger partial charge in [0.25, 0.3) is 11.6 Å². The van der Waals surface area contributed by atoms with E-state index in [1.807, 2.05) is 6.92 Å². The fourth-order valence-corrected chi connectivity index (χ4v) is 1.29. The largest absolute Gasteiger partial charge is 0.338 e. The van der Waals surface area contributed by atoms with Crippen molar-refractivity contribution in [1.82, 2.24) is 4.90 Å². The first-order valence-electron chi connectivity index (χ1n) is 5.19. The van der Waals surface area contributed by atoms with E-state index < -0.39 is 4.92 Å². The van der Waals surface area contributed by atoms with E-state index in [1.54, 1.807) is 7.05 Å². The lowest BCUT2D eigenvalue weighted by Gasteiger charge is -2.23. The van der Waals surface area contributed by atoms with Crippen LogP contribution in [0, 0.1) is 10.1 Å². The lowest BCUT2D eigenvalue weighted by Crippen LogP contribution is -2.39. The number of hydrogen-bond donors (Lipinski definition) is 1. The van der Waals surface area contributed by atoms with E-state index in [4.69, 9.17) is 5.73 Å². The number of amides is 1. The number of non-ortho nitro benzene ring substituents is 1. The highest BCUT2D eigenvalue weighted by Gasteiger charge is 2.17. The third kappa shape index (κ3) is 3.01. The number of carbonyl (C=O) groups excluding carboxylic acids is 1. The van der Waals surface area contributed by atoms with Crippen molar-refractivity contribution in [2.24, 2.45) is 5.73 Å². The minimum atomic E-state index is -0.500. The molecule has 1 aromatic carbocycles. The molecule has 1 atom stereocenters. The van der Waals surface area contributed by atoms with Crippen molar-refractivity contribution in [2.75, 3.05) is 13.6 Å². The van der Waals surface area contributed by atoms with Gasteiger partial charge >= 0.3 is 0 Å². The maximum Gasteiger partial charge on any atom is 0.269 e. The molecule has 17 heavy (non-hydrogen) atoms. The second kappa shape index (κ2) is 5.40. The van der Waals surface area contributed by atoms with Crippen molar-refractivity contribution in [1.29, 1.82) is 0 Å². The molecule has 0 heterocycles. The molecule has 1 rings (SSSR count). The van der Waals surface area contributed by atoms with Crippen LogP contribution in [-0.4, -0.2) is 35.4 Å². The van der Waals surface area contributed by atoms with Gasteiger partial charge in [-0.25, -0.2) is 0 Å². The van der Waals surface area contributed by atoms with Crippen LogP contribution in [-0.2, 0) is 0 Å². The Hall–Kier alpha value is -1.95. The number of hydrogen-bond acceptors (Lipinski definition) is 4. The van der Waals surface area contributed by atoms with Gasteiger partial charge in [-0.2, -0.15) is 0 Å². The summed E-state index contributed by atoms with van der Waals surface area (Å²) in [5, 5.41) is 10.5. The van der Waals surface area contributed by atoms with Crippen LogP contribution in [0.1, 0.15) is 17.3 Å². The Bertz CT molecular complexity index is 416. The SMILES string of the molecule is CC(CN)N(C)C(=O)c1ccc([N+](=O)[O-])cc1. The van der Waals surface area contributed by atoms with E-state index in [0.29, 0.717) is 12.1 Å². The summed E-state index contributed by atoms with van der Waals surface area (Å²) in [6.45, 7) is 2.21. The Kier molecular flexibility index (Phi) is 4.17. The van der Waals surface area contributed by atoms with Gasteiger partial charge in [-0.1, -0.05) is 0 Å². The van der Waals surface area contributed by atoms with Gasteiger partial charge in [0.1, 0.15) is 0 Å². The molecular formula is C11H15N3O3. The van der Waals surface area contributed by atoms with Crippen LogP contribution in [0.25, 0.3) is 0 Å². The monoisotopic (exact) mass is 237 g/mol. The number of nitro benzene ring substituents is 1. The molecule has 0 bridgehead atoms. The highest BCUT2D eigenvalue weighted by Crippen LogP contribution is 2.13. The van der Waals surface area contributed by atoms with E-state index in [-0.39, 0.29) is 17.6 Å². The predicted molar refractivity (Wildman–Crippen MR) is 63.7 cm³/mol. The predicted octanol–water partition coefficient (Wildman–Crippen LogP) is 1.01. The molecule has 0 aliphatic carbocycles. The Labute approximate surface area is 99.2 Å². The minimum absolute atomic E-state index is 0.0314. The number of nitro groups is 1. The second-order valence-corrected chi connectivity index (χ2v) is 3.80. The van der Waals surface area contributed by atoms with Crippen LogP contribution in [0.5, 0.6) is 0 Å². The van der Waals surface area contributed by atoms with Crippen molar-refractivity contribution in [3.05, 3.63) is 39.9 Å². The van der Waals surface area contributed by atoms with E-state index >= 15 is 0 Å². The Morgan fingerprint density at radius 2 is 2.00 bits per heavy atom. The molecule has 0 aromatic heterocycles. The van der Waals surface area contributed by atoms with Crippen LogP contribution < -0.4 is 5.73 Å². The number of likely N-dealkylation sites (N-methyl/N-ethyl adjacent to an activating group) is 1. The van der Waals surface area contributed by atoms with Crippen LogP contribution in [0.2, 0.25) is 0 Å². The Morgan fingerprint density at radius 1 is 1.47 bits per heavy atom. The highest BCUT2D eigenvalue weighted by molar-refractivity contribution is 5.94. The zero-order valence-electron chi connectivity index (χ0n) is 9.79. The van der Waals surface area contributed by atoms with Gasteiger partial charge in [-0.15, -0.1) is 0 Å². The maximum atomic E-state index is 11.9. The quantitative estimate of drug-likeness (QED) is 0.625. The molecule has 0 saturated carbocycles. The summed E-state index contributed by atoms with van der Waals surface area (Å²) in [6, 6.07) is 5.45. The third-order valence-corrected chi connectivity index (χ3v) is 2.65. The summed E-state index contributed by atoms with van der Waals surface area (Å²) in [7, 11) is 1.65. The summed E-state index contributed by atoms with van der Waals surface area (Å²) in [6.07, 6.45) is 0. The third-order valence-electron chi connectivity index (χ3n) is 2.65. The molecule has 0 spiro atoms. The minimum Gasteiger partial charge on any atom is -0.338 e. The smallest absolute Gasteiger partial charge is 0.269 e. The average Bonchev–Trinajstić information content (AvgIpc) is 2.36. The fourth-order valence-electron chi connectivity index (χ4n) is 1.29. The lowest BCUT2D eigenvalue weighted by atomic mass is 10.1. The summed E-state index contributed by atoms with van der Waals surface area (Å²) in [5.41, 5.74) is 5.85. The van der Waals surface area contributed by atoms with Gasteiger partial charge < -0.3 is 10.6 Å². The highest BCUT2D eigenvalue weighted by atomic mass is 16.6. The molecule has 0 aliphatic heterocycles. The molecule has 0 radical (unpaired) electrons. The Balaban J connectivity index is 2.86. The second-order valence-electron chi connectivity index (χ2n) is 3.80. The van der Waals surface area contributed by atoms with E-state index in [9.17, 15) is 14.9 Å². The van der Waals surface area contributed by atoms with Crippen molar-refractivity contribution >= 4 is 11.6 Å². The fraction of sp³-hybridized carbons (Fsp3) is 0.364. The van der Waals surface area contributed by atoms with Gasteiger partial charge in [-0.3, -0.25) is 14.9 Å². The molecular weight excluding hydrogens is 222 g/mol. The Morgan fingerprint density at radius 3 is 2.41 bits per heavy atom. The zero-order valence-corrected chi connectivity index (χ0v) is 9.79. The summed E-state index contributed by atoms with van der Waals surface area (Å²) < 4.78 is 0. The van der Waals surface area contributed by atoms with E-state index in [2.05, 4.69) is 0 Å². The van der Waals surface area contributed by atoms with Crippen molar-refractivity contribution < 1.29 is 9.72 Å². The topological polar surface area (TPSA) is 89.5 Å². The van der Waals surface area contributed by atoms with Gasteiger partial charge in [0.15, 0.2) is 0 Å². The number of rotatable bonds is 4. The molecule has 2 N–H and O–H groups in total. The molecule has 0 saturated heterocycles. The lowest BCUT2D eigenvalue weighted by molar-refractivity contribution is -0.384. The van der Waals surface area contributed by atoms with Crippen molar-refractivity contribution in [2.45, 2.75) is 13.0 Å². The molecule has 1 aromatic rings. The number of benzene rings is 1. The molecule has 0 fully saturated rings. The van der Waals surface area contributed by atoms with Crippen molar-refractivity contribution in [3.63, 3.8) is 0 Å². The van der Waals surface area contributed by atoms with E-state index in [0.717, 1.165) is 0 Å². The van der Waals surface area contributed by atoms with Crippen LogP contribution in [0.15, 0.2) is 24.3 Å². The maximum absolute atomic E-state index is 11.9. The van der Waals surface area contributed by atoms with Crippen LogP contribution in [0.4, 0.5) is 5.69 Å². The first-order chi connectivity index (χ1) is 7.97. The number of carbonyl (C=O) groups is 1. The summed E-state index contributed by atoms with van der Waals surface area (Å²) >= 11 is 0.